The Morgan fingerprint density at radius 1 is 1.00 bits per heavy atom. The molecule has 0 amide bonds. The predicted octanol–water partition coefficient (Wildman–Crippen LogP) is 3.70. The number of halogens is 3. The Balaban J connectivity index is 2.36. The van der Waals surface area contributed by atoms with Crippen molar-refractivity contribution in [2.45, 2.75) is 6.10 Å². The minimum absolute atomic E-state index is 0.0137. The Hall–Kier alpha value is -1.45. The van der Waals surface area contributed by atoms with Crippen molar-refractivity contribution in [1.82, 2.24) is 0 Å². The molecule has 0 spiro atoms. The molecule has 0 bridgehead atoms. The van der Waals surface area contributed by atoms with Gasteiger partial charge in [0.1, 0.15) is 17.7 Å². The minimum Gasteiger partial charge on any atom is -0.384 e. The Morgan fingerprint density at radius 2 is 1.71 bits per heavy atom. The second-order valence-electron chi connectivity index (χ2n) is 3.63. The van der Waals surface area contributed by atoms with Crippen LogP contribution in [0.2, 0.25) is 5.02 Å². The van der Waals surface area contributed by atoms with Gasteiger partial charge in [-0.25, -0.2) is 8.78 Å². The lowest BCUT2D eigenvalue weighted by atomic mass is 10.0. The molecule has 0 aromatic heterocycles. The van der Waals surface area contributed by atoms with Crippen LogP contribution in [0.3, 0.4) is 0 Å². The summed E-state index contributed by atoms with van der Waals surface area (Å²) < 4.78 is 26.2. The fraction of sp³-hybridized carbons (Fsp3) is 0.0769. The van der Waals surface area contributed by atoms with Crippen molar-refractivity contribution in [1.29, 1.82) is 0 Å². The molecule has 0 aliphatic carbocycles. The van der Waals surface area contributed by atoms with Crippen molar-refractivity contribution in [3.05, 3.63) is 70.2 Å². The maximum atomic E-state index is 13.2. The summed E-state index contributed by atoms with van der Waals surface area (Å²) in [6.45, 7) is 0. The molecule has 4 heteroatoms. The van der Waals surface area contributed by atoms with Crippen LogP contribution in [0.15, 0.2) is 42.5 Å². The lowest BCUT2D eigenvalue weighted by molar-refractivity contribution is 0.219. The molecule has 2 aromatic carbocycles. The Kier molecular flexibility index (Phi) is 3.41. The highest BCUT2D eigenvalue weighted by Gasteiger charge is 2.12. The summed E-state index contributed by atoms with van der Waals surface area (Å²) in [5.41, 5.74) is 0.698. The Labute approximate surface area is 102 Å². The third-order valence-electron chi connectivity index (χ3n) is 2.42. The summed E-state index contributed by atoms with van der Waals surface area (Å²) in [5.74, 6) is -1.06. The van der Waals surface area contributed by atoms with Gasteiger partial charge >= 0.3 is 0 Å². The number of hydrogen-bond donors (Lipinski definition) is 1. The zero-order chi connectivity index (χ0) is 12.4. The molecule has 0 aliphatic heterocycles. The fourth-order valence-electron chi connectivity index (χ4n) is 1.55. The standard InChI is InChI=1S/C13H9ClF2O/c14-11-5-4-9(7-12(11)16)13(17)8-2-1-3-10(15)6-8/h1-7,13,17H/t13-/m1/s1. The summed E-state index contributed by atoms with van der Waals surface area (Å²) in [7, 11) is 0. The third kappa shape index (κ3) is 2.62. The van der Waals surface area contributed by atoms with Crippen LogP contribution in [-0.2, 0) is 0 Å². The lowest BCUT2D eigenvalue weighted by Gasteiger charge is -2.11. The maximum Gasteiger partial charge on any atom is 0.142 e. The molecule has 88 valence electrons. The number of rotatable bonds is 2. The molecule has 1 atom stereocenters. The number of hydrogen-bond acceptors (Lipinski definition) is 1. The first-order valence-electron chi connectivity index (χ1n) is 4.96. The molecule has 1 N–H and O–H groups in total. The highest BCUT2D eigenvalue weighted by atomic mass is 35.5. The van der Waals surface area contributed by atoms with E-state index in [-0.39, 0.29) is 5.02 Å². The number of benzene rings is 2. The number of aliphatic hydroxyl groups excluding tert-OH is 1. The largest absolute Gasteiger partial charge is 0.384 e. The smallest absolute Gasteiger partial charge is 0.142 e. The molecular formula is C13H9ClF2O. The van der Waals surface area contributed by atoms with Crippen LogP contribution in [0.25, 0.3) is 0 Å². The summed E-state index contributed by atoms with van der Waals surface area (Å²) in [5, 5.41) is 9.94. The van der Waals surface area contributed by atoms with E-state index in [0.717, 1.165) is 6.07 Å². The first-order valence-corrected chi connectivity index (χ1v) is 5.34. The van der Waals surface area contributed by atoms with Gasteiger partial charge in [0.2, 0.25) is 0 Å². The Morgan fingerprint density at radius 3 is 2.35 bits per heavy atom. The van der Waals surface area contributed by atoms with Crippen LogP contribution >= 0.6 is 11.6 Å². The summed E-state index contributed by atoms with van der Waals surface area (Å²) in [6, 6.07) is 9.53. The van der Waals surface area contributed by atoms with Gasteiger partial charge in [-0.05, 0) is 35.4 Å². The van der Waals surface area contributed by atoms with Gasteiger partial charge in [-0.1, -0.05) is 29.8 Å². The first-order chi connectivity index (χ1) is 8.08. The van der Waals surface area contributed by atoms with E-state index in [9.17, 15) is 13.9 Å². The molecule has 2 aromatic rings. The molecule has 2 rings (SSSR count). The van der Waals surface area contributed by atoms with E-state index in [1.165, 1.54) is 30.3 Å². The lowest BCUT2D eigenvalue weighted by Crippen LogP contribution is -2.00. The molecule has 0 fully saturated rings. The topological polar surface area (TPSA) is 20.2 Å². The minimum atomic E-state index is -1.07. The van der Waals surface area contributed by atoms with E-state index in [4.69, 9.17) is 11.6 Å². The second-order valence-corrected chi connectivity index (χ2v) is 4.04. The van der Waals surface area contributed by atoms with Crippen LogP contribution in [0, 0.1) is 11.6 Å². The average Bonchev–Trinajstić information content (AvgIpc) is 2.32. The van der Waals surface area contributed by atoms with E-state index in [1.54, 1.807) is 6.07 Å². The van der Waals surface area contributed by atoms with E-state index in [2.05, 4.69) is 0 Å². The average molecular weight is 255 g/mol. The van der Waals surface area contributed by atoms with Crippen LogP contribution in [0.1, 0.15) is 17.2 Å². The van der Waals surface area contributed by atoms with E-state index in [0.29, 0.717) is 11.1 Å². The van der Waals surface area contributed by atoms with Gasteiger partial charge in [0, 0.05) is 0 Å². The van der Waals surface area contributed by atoms with Gasteiger partial charge < -0.3 is 5.11 Å². The molecule has 0 aliphatic rings. The summed E-state index contributed by atoms with van der Waals surface area (Å²) in [4.78, 5) is 0. The van der Waals surface area contributed by atoms with E-state index >= 15 is 0 Å². The number of aliphatic hydroxyl groups is 1. The van der Waals surface area contributed by atoms with Crippen LogP contribution in [0.5, 0.6) is 0 Å². The van der Waals surface area contributed by atoms with Gasteiger partial charge in [-0.2, -0.15) is 0 Å². The van der Waals surface area contributed by atoms with E-state index < -0.39 is 17.7 Å². The zero-order valence-corrected chi connectivity index (χ0v) is 9.46. The van der Waals surface area contributed by atoms with Crippen LogP contribution in [-0.4, -0.2) is 5.11 Å². The van der Waals surface area contributed by atoms with Gasteiger partial charge in [-0.15, -0.1) is 0 Å². The first kappa shape index (κ1) is 12.0. The maximum absolute atomic E-state index is 13.2. The van der Waals surface area contributed by atoms with Crippen LogP contribution in [0.4, 0.5) is 8.78 Å². The molecular weight excluding hydrogens is 246 g/mol. The third-order valence-corrected chi connectivity index (χ3v) is 2.73. The van der Waals surface area contributed by atoms with Crippen molar-refractivity contribution in [2.24, 2.45) is 0 Å². The van der Waals surface area contributed by atoms with Crippen molar-refractivity contribution < 1.29 is 13.9 Å². The molecule has 0 saturated heterocycles. The highest BCUT2D eigenvalue weighted by Crippen LogP contribution is 2.25. The summed E-state index contributed by atoms with van der Waals surface area (Å²) >= 11 is 5.54. The molecule has 1 nitrogen and oxygen atoms in total. The predicted molar refractivity (Wildman–Crippen MR) is 61.9 cm³/mol. The van der Waals surface area contributed by atoms with Crippen molar-refractivity contribution >= 4 is 11.6 Å². The molecule has 0 radical (unpaired) electrons. The fourth-order valence-corrected chi connectivity index (χ4v) is 1.67. The van der Waals surface area contributed by atoms with Gasteiger partial charge in [0.25, 0.3) is 0 Å². The van der Waals surface area contributed by atoms with Crippen molar-refractivity contribution in [2.75, 3.05) is 0 Å². The van der Waals surface area contributed by atoms with E-state index in [1.807, 2.05) is 0 Å². The Bertz CT molecular complexity index is 543. The van der Waals surface area contributed by atoms with Crippen LogP contribution < -0.4 is 0 Å². The quantitative estimate of drug-likeness (QED) is 0.866. The SMILES string of the molecule is O[C@H](c1cccc(F)c1)c1ccc(Cl)c(F)c1. The van der Waals surface area contributed by atoms with Gasteiger partial charge in [0.05, 0.1) is 5.02 Å². The summed E-state index contributed by atoms with van der Waals surface area (Å²) in [6.07, 6.45) is -1.07. The van der Waals surface area contributed by atoms with Crippen molar-refractivity contribution in [3.8, 4) is 0 Å². The van der Waals surface area contributed by atoms with Gasteiger partial charge in [-0.3, -0.25) is 0 Å². The molecule has 0 unspecified atom stereocenters. The second kappa shape index (κ2) is 4.82. The molecule has 0 saturated carbocycles. The normalized spacial score (nSPS) is 12.5. The van der Waals surface area contributed by atoms with Crippen molar-refractivity contribution in [3.63, 3.8) is 0 Å². The monoisotopic (exact) mass is 254 g/mol. The molecule has 17 heavy (non-hydrogen) atoms. The molecule has 0 heterocycles. The highest BCUT2D eigenvalue weighted by molar-refractivity contribution is 6.30. The van der Waals surface area contributed by atoms with Gasteiger partial charge in [0.15, 0.2) is 0 Å². The zero-order valence-electron chi connectivity index (χ0n) is 8.70.